The Morgan fingerprint density at radius 3 is 2.96 bits per heavy atom. The van der Waals surface area contributed by atoms with Crippen molar-refractivity contribution in [2.75, 3.05) is 5.32 Å². The molecule has 1 atom stereocenters. The number of pyridine rings is 1. The van der Waals surface area contributed by atoms with E-state index in [9.17, 15) is 4.79 Å². The van der Waals surface area contributed by atoms with Gasteiger partial charge in [0.15, 0.2) is 0 Å². The summed E-state index contributed by atoms with van der Waals surface area (Å²) in [5.41, 5.74) is 2.82. The second-order valence-corrected chi connectivity index (χ2v) is 6.34. The third-order valence-corrected chi connectivity index (χ3v) is 4.44. The Hall–Kier alpha value is -2.47. The van der Waals surface area contributed by atoms with Crippen molar-refractivity contribution in [3.05, 3.63) is 70.8 Å². The summed E-state index contributed by atoms with van der Waals surface area (Å²) >= 11 is 3.47. The standard InChI is InChI=1S/C17H13BrN4O/c18-12-4-1-5-13(7-12)22-10-20-16-14(8-15(23)21-17(16)22)11-3-2-6-19-9-11/h1-7,9-10,14H,8H2,(H,21,23)/t14-/m1/s1. The van der Waals surface area contributed by atoms with E-state index in [4.69, 9.17) is 0 Å². The Labute approximate surface area is 141 Å². The van der Waals surface area contributed by atoms with Crippen LogP contribution in [-0.4, -0.2) is 20.4 Å². The highest BCUT2D eigenvalue weighted by atomic mass is 79.9. The van der Waals surface area contributed by atoms with Crippen molar-refractivity contribution in [2.45, 2.75) is 12.3 Å². The highest BCUT2D eigenvalue weighted by Gasteiger charge is 2.31. The van der Waals surface area contributed by atoms with E-state index >= 15 is 0 Å². The number of fused-ring (bicyclic) bond motifs is 1. The molecule has 1 aromatic carbocycles. The predicted octanol–water partition coefficient (Wildman–Crippen LogP) is 3.50. The van der Waals surface area contributed by atoms with Crippen LogP contribution in [0.15, 0.2) is 59.6 Å². The summed E-state index contributed by atoms with van der Waals surface area (Å²) in [5.74, 6) is 0.650. The molecule has 0 radical (unpaired) electrons. The maximum atomic E-state index is 12.2. The van der Waals surface area contributed by atoms with Crippen LogP contribution in [0.3, 0.4) is 0 Å². The third kappa shape index (κ3) is 2.55. The Balaban J connectivity index is 1.83. The lowest BCUT2D eigenvalue weighted by Crippen LogP contribution is -2.24. The topological polar surface area (TPSA) is 59.8 Å². The van der Waals surface area contributed by atoms with Crippen LogP contribution in [0.4, 0.5) is 5.82 Å². The molecule has 0 saturated heterocycles. The van der Waals surface area contributed by atoms with Crippen molar-refractivity contribution in [1.82, 2.24) is 14.5 Å². The van der Waals surface area contributed by atoms with Crippen LogP contribution in [0.25, 0.3) is 5.69 Å². The Bertz CT molecular complexity index is 875. The maximum absolute atomic E-state index is 12.2. The van der Waals surface area contributed by atoms with Gasteiger partial charge in [0.05, 0.1) is 5.69 Å². The van der Waals surface area contributed by atoms with Crippen LogP contribution in [0, 0.1) is 0 Å². The number of amides is 1. The number of imidazole rings is 1. The van der Waals surface area contributed by atoms with Gasteiger partial charge in [0, 0.05) is 34.9 Å². The van der Waals surface area contributed by atoms with Crippen LogP contribution < -0.4 is 5.32 Å². The summed E-state index contributed by atoms with van der Waals surface area (Å²) in [5, 5.41) is 2.95. The molecule has 2 aromatic heterocycles. The molecule has 0 bridgehead atoms. The number of anilines is 1. The molecule has 4 rings (SSSR count). The van der Waals surface area contributed by atoms with Crippen LogP contribution in [0.5, 0.6) is 0 Å². The first kappa shape index (κ1) is 14.1. The highest BCUT2D eigenvalue weighted by molar-refractivity contribution is 9.10. The molecule has 0 fully saturated rings. The minimum atomic E-state index is -0.0687. The highest BCUT2D eigenvalue weighted by Crippen LogP contribution is 2.37. The second-order valence-electron chi connectivity index (χ2n) is 5.42. The molecule has 0 saturated carbocycles. The van der Waals surface area contributed by atoms with Gasteiger partial charge in [-0.15, -0.1) is 0 Å². The SMILES string of the molecule is O=C1C[C@H](c2cccnc2)c2ncn(-c3cccc(Br)c3)c2N1. The van der Waals surface area contributed by atoms with Gasteiger partial charge in [-0.3, -0.25) is 14.3 Å². The number of halogens is 1. The van der Waals surface area contributed by atoms with Crippen molar-refractivity contribution >= 4 is 27.7 Å². The number of hydrogen-bond acceptors (Lipinski definition) is 3. The van der Waals surface area contributed by atoms with E-state index in [-0.39, 0.29) is 11.8 Å². The van der Waals surface area contributed by atoms with Gasteiger partial charge < -0.3 is 5.32 Å². The molecule has 23 heavy (non-hydrogen) atoms. The summed E-state index contributed by atoms with van der Waals surface area (Å²) in [4.78, 5) is 20.9. The normalized spacial score (nSPS) is 16.7. The van der Waals surface area contributed by atoms with E-state index in [1.165, 1.54) is 0 Å². The number of hydrogen-bond donors (Lipinski definition) is 1. The Kier molecular flexibility index (Phi) is 3.46. The van der Waals surface area contributed by atoms with Crippen LogP contribution in [0.2, 0.25) is 0 Å². The fraction of sp³-hybridized carbons (Fsp3) is 0.118. The Morgan fingerprint density at radius 2 is 2.17 bits per heavy atom. The van der Waals surface area contributed by atoms with Gasteiger partial charge >= 0.3 is 0 Å². The lowest BCUT2D eigenvalue weighted by molar-refractivity contribution is -0.116. The fourth-order valence-electron chi connectivity index (χ4n) is 2.89. The smallest absolute Gasteiger partial charge is 0.226 e. The molecule has 6 heteroatoms. The predicted molar refractivity (Wildman–Crippen MR) is 90.6 cm³/mol. The van der Waals surface area contributed by atoms with Gasteiger partial charge in [-0.05, 0) is 29.8 Å². The maximum Gasteiger partial charge on any atom is 0.226 e. The van der Waals surface area contributed by atoms with E-state index in [1.54, 1.807) is 18.7 Å². The monoisotopic (exact) mass is 368 g/mol. The average molecular weight is 369 g/mol. The molecule has 1 aliphatic rings. The average Bonchev–Trinajstić information content (AvgIpc) is 2.98. The minimum Gasteiger partial charge on any atom is -0.310 e. The molecule has 1 amide bonds. The second kappa shape index (κ2) is 5.62. The Morgan fingerprint density at radius 1 is 1.26 bits per heavy atom. The van der Waals surface area contributed by atoms with Crippen molar-refractivity contribution in [3.8, 4) is 5.69 Å². The quantitative estimate of drug-likeness (QED) is 0.752. The van der Waals surface area contributed by atoms with E-state index in [0.717, 1.165) is 27.2 Å². The first-order valence-corrected chi connectivity index (χ1v) is 8.04. The largest absolute Gasteiger partial charge is 0.310 e. The molecule has 3 aromatic rings. The van der Waals surface area contributed by atoms with Crippen molar-refractivity contribution in [1.29, 1.82) is 0 Å². The van der Waals surface area contributed by atoms with Crippen LogP contribution >= 0.6 is 15.9 Å². The van der Waals surface area contributed by atoms with Gasteiger partial charge in [-0.2, -0.15) is 0 Å². The molecule has 0 unspecified atom stereocenters. The molecule has 0 spiro atoms. The van der Waals surface area contributed by atoms with Crippen LogP contribution in [-0.2, 0) is 4.79 Å². The molecule has 3 heterocycles. The van der Waals surface area contributed by atoms with Gasteiger partial charge in [-0.25, -0.2) is 4.98 Å². The number of benzene rings is 1. The minimum absolute atomic E-state index is 0.0110. The summed E-state index contributed by atoms with van der Waals surface area (Å²) < 4.78 is 2.88. The lowest BCUT2D eigenvalue weighted by atomic mass is 9.91. The zero-order valence-corrected chi connectivity index (χ0v) is 13.7. The van der Waals surface area contributed by atoms with E-state index in [2.05, 4.69) is 31.2 Å². The van der Waals surface area contributed by atoms with E-state index in [1.807, 2.05) is 41.0 Å². The van der Waals surface area contributed by atoms with Crippen molar-refractivity contribution in [2.24, 2.45) is 0 Å². The molecular formula is C17H13BrN4O. The summed E-state index contributed by atoms with van der Waals surface area (Å²) in [7, 11) is 0. The third-order valence-electron chi connectivity index (χ3n) is 3.95. The number of aromatic nitrogens is 3. The van der Waals surface area contributed by atoms with Crippen molar-refractivity contribution in [3.63, 3.8) is 0 Å². The number of nitrogens with zero attached hydrogens (tertiary/aromatic N) is 3. The molecule has 1 aliphatic heterocycles. The first-order valence-electron chi connectivity index (χ1n) is 7.25. The first-order chi connectivity index (χ1) is 11.2. The summed E-state index contributed by atoms with van der Waals surface area (Å²) in [6.45, 7) is 0. The van der Waals surface area contributed by atoms with Gasteiger partial charge in [0.25, 0.3) is 0 Å². The zero-order chi connectivity index (χ0) is 15.8. The molecule has 5 nitrogen and oxygen atoms in total. The van der Waals surface area contributed by atoms with E-state index < -0.39 is 0 Å². The molecule has 114 valence electrons. The number of nitrogens with one attached hydrogen (secondary N) is 1. The molecule has 0 aliphatic carbocycles. The summed E-state index contributed by atoms with van der Waals surface area (Å²) in [6.07, 6.45) is 5.66. The van der Waals surface area contributed by atoms with E-state index in [0.29, 0.717) is 6.42 Å². The van der Waals surface area contributed by atoms with Gasteiger partial charge in [-0.1, -0.05) is 28.1 Å². The molecular weight excluding hydrogens is 356 g/mol. The number of rotatable bonds is 2. The zero-order valence-electron chi connectivity index (χ0n) is 12.1. The van der Waals surface area contributed by atoms with Crippen molar-refractivity contribution < 1.29 is 4.79 Å². The van der Waals surface area contributed by atoms with Gasteiger partial charge in [0.1, 0.15) is 12.1 Å². The number of carbonyl (C=O) groups excluding carboxylic acids is 1. The van der Waals surface area contributed by atoms with Crippen LogP contribution in [0.1, 0.15) is 23.6 Å². The van der Waals surface area contributed by atoms with Gasteiger partial charge in [0.2, 0.25) is 5.91 Å². The fourth-order valence-corrected chi connectivity index (χ4v) is 3.27. The number of carbonyl (C=O) groups is 1. The molecule has 1 N–H and O–H groups in total. The summed E-state index contributed by atoms with van der Waals surface area (Å²) in [6, 6.07) is 11.7. The lowest BCUT2D eigenvalue weighted by Gasteiger charge is -2.23.